The van der Waals surface area contributed by atoms with Crippen LogP contribution >= 0.6 is 11.8 Å². The third-order valence-electron chi connectivity index (χ3n) is 6.51. The van der Waals surface area contributed by atoms with Crippen LogP contribution in [0.3, 0.4) is 0 Å². The summed E-state index contributed by atoms with van der Waals surface area (Å²) >= 11 is 1.74. The van der Waals surface area contributed by atoms with Gasteiger partial charge in [-0.1, -0.05) is 104 Å². The average molecular weight is 500 g/mol. The molecule has 0 radical (unpaired) electrons. The largest absolute Gasteiger partial charge is 0.445 e. The van der Waals surface area contributed by atoms with Gasteiger partial charge in [0.1, 0.15) is 19.2 Å². The molecule has 0 aromatic heterocycles. The van der Waals surface area contributed by atoms with Crippen LogP contribution in [0.1, 0.15) is 23.1 Å². The van der Waals surface area contributed by atoms with Crippen molar-refractivity contribution >= 4 is 30.4 Å². The molecule has 184 valence electrons. The molecule has 1 heterocycles. The van der Waals surface area contributed by atoms with Crippen LogP contribution in [0.4, 0.5) is 4.79 Å². The molecule has 0 unspecified atom stereocenters. The molecule has 1 amide bonds. The number of rotatable bonds is 10. The second-order valence-corrected chi connectivity index (χ2v) is 10.2. The summed E-state index contributed by atoms with van der Waals surface area (Å²) in [5, 5.41) is -0.0608. The Labute approximate surface area is 216 Å². The highest BCUT2D eigenvalue weighted by Crippen LogP contribution is 2.52. The van der Waals surface area contributed by atoms with Crippen molar-refractivity contribution in [2.75, 3.05) is 13.2 Å². The summed E-state index contributed by atoms with van der Waals surface area (Å²) in [7, 11) is 0. The lowest BCUT2D eigenvalue weighted by molar-refractivity contribution is -0.121. The highest BCUT2D eigenvalue weighted by molar-refractivity contribution is 8.01. The van der Waals surface area contributed by atoms with Gasteiger partial charge in [-0.05, 0) is 23.1 Å². The molecule has 5 nitrogen and oxygen atoms in total. The summed E-state index contributed by atoms with van der Waals surface area (Å²) in [5.41, 5.74) is 3.33. The Balaban J connectivity index is 1.80. The van der Waals surface area contributed by atoms with Gasteiger partial charge in [0.25, 0.3) is 0 Å². The minimum atomic E-state index is -0.911. The molecule has 0 saturated carbocycles. The van der Waals surface area contributed by atoms with E-state index in [1.807, 2.05) is 54.6 Å². The van der Waals surface area contributed by atoms with Crippen molar-refractivity contribution in [2.45, 2.75) is 22.5 Å². The molecule has 0 N–H and O–H groups in total. The molecule has 0 spiro atoms. The van der Waals surface area contributed by atoms with E-state index in [1.165, 1.54) is 11.0 Å². The fourth-order valence-corrected chi connectivity index (χ4v) is 6.73. The fourth-order valence-electron chi connectivity index (χ4n) is 4.89. The van der Waals surface area contributed by atoms with Crippen molar-refractivity contribution in [1.82, 2.24) is 4.90 Å². The molecule has 6 heteroatoms. The maximum atomic E-state index is 12.9. The maximum Gasteiger partial charge on any atom is 0.410 e. The molecular weight excluding hydrogens is 470 g/mol. The molecule has 1 saturated heterocycles. The lowest BCUT2D eigenvalue weighted by atomic mass is 9.84. The SMILES string of the molecule is C=CCOC(=O)N1C[C@@H](SC(c2ccccc2)(c2ccccc2)c2ccccc2)C[C@H]1C(C=O)C=O. The number of likely N-dealkylation sites (tertiary alicyclic amines) is 1. The third-order valence-corrected chi connectivity index (χ3v) is 8.24. The second kappa shape index (κ2) is 11.9. The number of hydrogen-bond acceptors (Lipinski definition) is 5. The van der Waals surface area contributed by atoms with Gasteiger partial charge in [0.05, 0.1) is 16.7 Å². The maximum absolute atomic E-state index is 12.9. The van der Waals surface area contributed by atoms with Crippen LogP contribution in [0, 0.1) is 5.92 Å². The number of nitrogens with zero attached hydrogens (tertiary/aromatic N) is 1. The lowest BCUT2D eigenvalue weighted by Gasteiger charge is -2.37. The van der Waals surface area contributed by atoms with Crippen molar-refractivity contribution in [3.05, 3.63) is 120 Å². The highest BCUT2D eigenvalue weighted by Gasteiger charge is 2.46. The summed E-state index contributed by atoms with van der Waals surface area (Å²) in [4.78, 5) is 37.9. The molecule has 2 atom stereocenters. The van der Waals surface area contributed by atoms with E-state index in [-0.39, 0.29) is 11.9 Å². The summed E-state index contributed by atoms with van der Waals surface area (Å²) in [6, 6.07) is 30.3. The van der Waals surface area contributed by atoms with Gasteiger partial charge in [0.15, 0.2) is 0 Å². The van der Waals surface area contributed by atoms with E-state index < -0.39 is 22.8 Å². The Morgan fingerprint density at radius 2 is 1.39 bits per heavy atom. The lowest BCUT2D eigenvalue weighted by Crippen LogP contribution is -2.41. The second-order valence-electron chi connectivity index (χ2n) is 8.69. The molecule has 3 aromatic carbocycles. The minimum Gasteiger partial charge on any atom is -0.445 e. The van der Waals surface area contributed by atoms with E-state index in [4.69, 9.17) is 4.74 Å². The third kappa shape index (κ3) is 5.14. The summed E-state index contributed by atoms with van der Waals surface area (Å²) < 4.78 is 4.73. The Kier molecular flexibility index (Phi) is 8.39. The zero-order chi connectivity index (χ0) is 25.4. The number of benzene rings is 3. The molecule has 1 fully saturated rings. The molecule has 4 rings (SSSR count). The predicted molar refractivity (Wildman–Crippen MR) is 143 cm³/mol. The number of amides is 1. The number of thioether (sulfide) groups is 1. The van der Waals surface area contributed by atoms with Crippen LogP contribution in [0.2, 0.25) is 0 Å². The standard InChI is InChI=1S/C30H29NO4S/c1-2-18-35-29(34)31-20-27(19-28(31)23(21-32)22-33)36-30(24-12-6-3-7-13-24,25-14-8-4-9-15-25)26-16-10-5-11-17-26/h2-17,21-23,27-28H,1,18-20H2/t27-,28-/m0/s1. The first-order valence-electron chi connectivity index (χ1n) is 11.9. The van der Waals surface area contributed by atoms with Gasteiger partial charge in [-0.2, -0.15) is 0 Å². The van der Waals surface area contributed by atoms with E-state index in [9.17, 15) is 14.4 Å². The number of carbonyl (C=O) groups excluding carboxylic acids is 3. The van der Waals surface area contributed by atoms with E-state index in [0.29, 0.717) is 25.5 Å². The first-order valence-corrected chi connectivity index (χ1v) is 12.8. The molecule has 0 aliphatic carbocycles. The topological polar surface area (TPSA) is 63.7 Å². The Morgan fingerprint density at radius 3 is 1.81 bits per heavy atom. The Bertz CT molecular complexity index is 1060. The molecule has 1 aliphatic rings. The summed E-state index contributed by atoms with van der Waals surface area (Å²) in [6.45, 7) is 4.02. The van der Waals surface area contributed by atoms with Crippen molar-refractivity contribution < 1.29 is 19.1 Å². The Morgan fingerprint density at radius 1 is 0.917 bits per heavy atom. The monoisotopic (exact) mass is 499 g/mol. The van der Waals surface area contributed by atoms with Crippen LogP contribution in [-0.2, 0) is 19.1 Å². The molecule has 0 bridgehead atoms. The predicted octanol–water partition coefficient (Wildman–Crippen LogP) is 5.49. The van der Waals surface area contributed by atoms with Crippen LogP contribution < -0.4 is 0 Å². The number of aldehydes is 2. The van der Waals surface area contributed by atoms with Gasteiger partial charge in [0, 0.05) is 11.8 Å². The number of ether oxygens (including phenoxy) is 1. The first-order chi connectivity index (χ1) is 17.6. The van der Waals surface area contributed by atoms with E-state index in [2.05, 4.69) is 43.0 Å². The van der Waals surface area contributed by atoms with Gasteiger partial charge in [0.2, 0.25) is 0 Å². The fraction of sp³-hybridized carbons (Fsp3) is 0.233. The van der Waals surface area contributed by atoms with Gasteiger partial charge in [-0.25, -0.2) is 4.79 Å². The van der Waals surface area contributed by atoms with Crippen LogP contribution in [0.15, 0.2) is 104 Å². The summed E-state index contributed by atoms with van der Waals surface area (Å²) in [5.74, 6) is -0.911. The zero-order valence-corrected chi connectivity index (χ0v) is 20.8. The molecule has 36 heavy (non-hydrogen) atoms. The van der Waals surface area contributed by atoms with Crippen molar-refractivity contribution in [1.29, 1.82) is 0 Å². The van der Waals surface area contributed by atoms with Crippen LogP contribution in [0.25, 0.3) is 0 Å². The van der Waals surface area contributed by atoms with E-state index in [1.54, 1.807) is 11.8 Å². The van der Waals surface area contributed by atoms with E-state index in [0.717, 1.165) is 16.7 Å². The van der Waals surface area contributed by atoms with Gasteiger partial charge >= 0.3 is 6.09 Å². The minimum absolute atomic E-state index is 0.0608. The van der Waals surface area contributed by atoms with Crippen LogP contribution in [0.5, 0.6) is 0 Å². The quantitative estimate of drug-likeness (QED) is 0.160. The molecule has 1 aliphatic heterocycles. The smallest absolute Gasteiger partial charge is 0.410 e. The highest BCUT2D eigenvalue weighted by atomic mass is 32.2. The van der Waals surface area contributed by atoms with Crippen molar-refractivity contribution in [3.63, 3.8) is 0 Å². The molecular formula is C30H29NO4S. The summed E-state index contributed by atoms with van der Waals surface area (Å²) in [6.07, 6.45) is 2.69. The van der Waals surface area contributed by atoms with Gasteiger partial charge in [-0.15, -0.1) is 11.8 Å². The van der Waals surface area contributed by atoms with E-state index >= 15 is 0 Å². The average Bonchev–Trinajstić information content (AvgIpc) is 3.36. The van der Waals surface area contributed by atoms with Gasteiger partial charge in [-0.3, -0.25) is 0 Å². The first kappa shape index (κ1) is 25.5. The normalized spacial score (nSPS) is 17.5. The van der Waals surface area contributed by atoms with Gasteiger partial charge < -0.3 is 19.2 Å². The van der Waals surface area contributed by atoms with Crippen molar-refractivity contribution in [3.8, 4) is 0 Å². The molecule has 3 aromatic rings. The van der Waals surface area contributed by atoms with Crippen LogP contribution in [-0.4, -0.2) is 48.0 Å². The number of hydrogen-bond donors (Lipinski definition) is 0. The zero-order valence-electron chi connectivity index (χ0n) is 19.9. The Hall–Kier alpha value is -3.64. The van der Waals surface area contributed by atoms with Crippen molar-refractivity contribution in [2.24, 2.45) is 5.92 Å². The number of carbonyl (C=O) groups is 3.